The molecule has 0 aliphatic carbocycles. The molecule has 0 saturated heterocycles. The summed E-state index contributed by atoms with van der Waals surface area (Å²) in [5, 5.41) is 10.1. The number of rotatable bonds is 11. The second-order valence-electron chi connectivity index (χ2n) is 7.60. The van der Waals surface area contributed by atoms with E-state index < -0.39 is 5.54 Å². The third-order valence-electron chi connectivity index (χ3n) is 3.65. The van der Waals surface area contributed by atoms with Crippen LogP contribution >= 0.6 is 0 Å². The Morgan fingerprint density at radius 2 is 2.00 bits per heavy atom. The molecule has 0 spiro atoms. The molecule has 0 bridgehead atoms. The molecule has 0 unspecified atom stereocenters. The molecule has 0 atom stereocenters. The minimum absolute atomic E-state index is 0.00327. The van der Waals surface area contributed by atoms with Gasteiger partial charge in [-0.3, -0.25) is 9.59 Å². The minimum atomic E-state index is -0.543. The van der Waals surface area contributed by atoms with Gasteiger partial charge in [0.15, 0.2) is 0 Å². The summed E-state index contributed by atoms with van der Waals surface area (Å²) in [5.74, 6) is 0.521. The Hall–Kier alpha value is -2.31. The van der Waals surface area contributed by atoms with Crippen LogP contribution in [0.3, 0.4) is 0 Å². The van der Waals surface area contributed by atoms with Crippen molar-refractivity contribution in [1.82, 2.24) is 20.4 Å². The fourth-order valence-corrected chi connectivity index (χ4v) is 2.28. The van der Waals surface area contributed by atoms with Crippen LogP contribution in [0.5, 0.6) is 5.88 Å². The number of amides is 2. The Labute approximate surface area is 162 Å². The number of carbonyl (C=O) groups is 2. The summed E-state index contributed by atoms with van der Waals surface area (Å²) in [6, 6.07) is 0. The number of nitrogens with one attached hydrogen (secondary N) is 2. The van der Waals surface area contributed by atoms with Crippen molar-refractivity contribution in [2.24, 2.45) is 5.92 Å². The van der Waals surface area contributed by atoms with E-state index in [2.05, 4.69) is 15.7 Å². The number of hydrogen-bond donors (Lipinski definition) is 2. The predicted molar refractivity (Wildman–Crippen MR) is 108 cm³/mol. The van der Waals surface area contributed by atoms with Crippen molar-refractivity contribution in [1.29, 1.82) is 0 Å². The van der Waals surface area contributed by atoms with Crippen LogP contribution in [0.25, 0.3) is 6.20 Å². The summed E-state index contributed by atoms with van der Waals surface area (Å²) in [5.41, 5.74) is -0.139. The quantitative estimate of drug-likeness (QED) is 0.619. The molecule has 0 aliphatic heterocycles. The molecule has 7 nitrogen and oxygen atoms in total. The van der Waals surface area contributed by atoms with Crippen molar-refractivity contribution in [2.75, 3.05) is 13.2 Å². The lowest BCUT2D eigenvalue weighted by molar-refractivity contribution is -0.122. The van der Waals surface area contributed by atoms with Crippen molar-refractivity contribution in [3.05, 3.63) is 17.8 Å². The van der Waals surface area contributed by atoms with Gasteiger partial charge in [0.1, 0.15) is 5.56 Å². The van der Waals surface area contributed by atoms with Crippen LogP contribution in [0, 0.1) is 5.92 Å². The van der Waals surface area contributed by atoms with E-state index in [1.807, 2.05) is 47.6 Å². The number of nitrogens with zero attached hydrogens (tertiary/aromatic N) is 2. The maximum atomic E-state index is 12.4. The van der Waals surface area contributed by atoms with E-state index in [0.29, 0.717) is 36.9 Å². The van der Waals surface area contributed by atoms with Gasteiger partial charge in [-0.2, -0.15) is 5.10 Å². The van der Waals surface area contributed by atoms with Gasteiger partial charge in [0.25, 0.3) is 5.91 Å². The largest absolute Gasteiger partial charge is 0.477 e. The number of carbonyl (C=O) groups excluding carboxylic acids is 2. The van der Waals surface area contributed by atoms with E-state index in [0.717, 1.165) is 12.8 Å². The lowest BCUT2D eigenvalue weighted by Crippen LogP contribution is -2.41. The standard InChI is InChI=1S/C20H34N4O3/c1-7-9-17(25)23-20(5,6)10-12-24-19(27-14-15(3)4)16(13-22-24)18(26)21-11-8-2/h10,12-13,15H,7-9,11,14H2,1-6H3,(H,21,26)(H,23,25)/b12-10+. The lowest BCUT2D eigenvalue weighted by Gasteiger charge is -2.22. The van der Waals surface area contributed by atoms with Gasteiger partial charge in [-0.25, -0.2) is 4.68 Å². The van der Waals surface area contributed by atoms with Crippen LogP contribution in [-0.4, -0.2) is 40.3 Å². The van der Waals surface area contributed by atoms with Gasteiger partial charge in [-0.15, -0.1) is 0 Å². The van der Waals surface area contributed by atoms with Crippen molar-refractivity contribution in [2.45, 2.75) is 66.3 Å². The smallest absolute Gasteiger partial charge is 0.258 e. The Morgan fingerprint density at radius 1 is 1.30 bits per heavy atom. The summed E-state index contributed by atoms with van der Waals surface area (Å²) in [4.78, 5) is 24.2. The zero-order valence-corrected chi connectivity index (χ0v) is 17.5. The highest BCUT2D eigenvalue weighted by molar-refractivity contribution is 5.96. The number of ether oxygens (including phenoxy) is 1. The molecule has 0 aliphatic rings. The van der Waals surface area contributed by atoms with Crippen molar-refractivity contribution < 1.29 is 14.3 Å². The highest BCUT2D eigenvalue weighted by Crippen LogP contribution is 2.20. The summed E-state index contributed by atoms with van der Waals surface area (Å²) in [6.45, 7) is 12.9. The first kappa shape index (κ1) is 22.7. The fraction of sp³-hybridized carbons (Fsp3) is 0.650. The minimum Gasteiger partial charge on any atom is -0.477 e. The number of aromatic nitrogens is 2. The van der Waals surface area contributed by atoms with Gasteiger partial charge in [0, 0.05) is 19.2 Å². The molecule has 7 heteroatoms. The molecular formula is C20H34N4O3. The predicted octanol–water partition coefficient (Wildman–Crippen LogP) is 3.22. The van der Waals surface area contributed by atoms with Gasteiger partial charge in [0.2, 0.25) is 11.8 Å². The fourth-order valence-electron chi connectivity index (χ4n) is 2.28. The second kappa shape index (κ2) is 10.7. The maximum absolute atomic E-state index is 12.4. The molecule has 2 amide bonds. The van der Waals surface area contributed by atoms with E-state index in [-0.39, 0.29) is 11.8 Å². The molecule has 0 saturated carbocycles. The summed E-state index contributed by atoms with van der Waals surface area (Å²) >= 11 is 0. The molecule has 0 radical (unpaired) electrons. The first-order valence-electron chi connectivity index (χ1n) is 9.69. The molecule has 1 heterocycles. The highest BCUT2D eigenvalue weighted by Gasteiger charge is 2.20. The summed E-state index contributed by atoms with van der Waals surface area (Å²) in [6.07, 6.45) is 7.21. The van der Waals surface area contributed by atoms with Crippen LogP contribution in [0.2, 0.25) is 0 Å². The summed E-state index contributed by atoms with van der Waals surface area (Å²) < 4.78 is 7.40. The zero-order valence-electron chi connectivity index (χ0n) is 17.5. The molecule has 1 rings (SSSR count). The molecule has 1 aromatic heterocycles. The average Bonchev–Trinajstić information content (AvgIpc) is 2.98. The summed E-state index contributed by atoms with van der Waals surface area (Å²) in [7, 11) is 0. The molecule has 27 heavy (non-hydrogen) atoms. The SMILES string of the molecule is CCCNC(=O)c1cnn(/C=C/C(C)(C)NC(=O)CCC)c1OCC(C)C. The lowest BCUT2D eigenvalue weighted by atomic mass is 10.1. The van der Waals surface area contributed by atoms with Gasteiger partial charge in [-0.05, 0) is 38.7 Å². The van der Waals surface area contributed by atoms with Crippen LogP contribution in [0.4, 0.5) is 0 Å². The second-order valence-corrected chi connectivity index (χ2v) is 7.60. The normalized spacial score (nSPS) is 11.8. The monoisotopic (exact) mass is 378 g/mol. The third kappa shape index (κ3) is 7.85. The van der Waals surface area contributed by atoms with E-state index in [4.69, 9.17) is 4.74 Å². The Bertz CT molecular complexity index is 648. The van der Waals surface area contributed by atoms with Crippen LogP contribution < -0.4 is 15.4 Å². The van der Waals surface area contributed by atoms with Crippen molar-refractivity contribution in [3.8, 4) is 5.88 Å². The highest BCUT2D eigenvalue weighted by atomic mass is 16.5. The average molecular weight is 379 g/mol. The van der Waals surface area contributed by atoms with E-state index in [9.17, 15) is 9.59 Å². The van der Waals surface area contributed by atoms with Gasteiger partial charge in [-0.1, -0.05) is 27.7 Å². The third-order valence-corrected chi connectivity index (χ3v) is 3.65. The van der Waals surface area contributed by atoms with Crippen molar-refractivity contribution >= 4 is 18.0 Å². The Kier molecular flexibility index (Phi) is 9.05. The van der Waals surface area contributed by atoms with E-state index in [1.165, 1.54) is 10.9 Å². The zero-order chi connectivity index (χ0) is 20.4. The maximum Gasteiger partial charge on any atom is 0.258 e. The van der Waals surface area contributed by atoms with Gasteiger partial charge in [0.05, 0.1) is 18.3 Å². The molecule has 0 aromatic carbocycles. The van der Waals surface area contributed by atoms with Gasteiger partial charge < -0.3 is 15.4 Å². The number of hydrogen-bond acceptors (Lipinski definition) is 4. The van der Waals surface area contributed by atoms with Crippen LogP contribution in [-0.2, 0) is 4.79 Å². The van der Waals surface area contributed by atoms with Gasteiger partial charge >= 0.3 is 0 Å². The van der Waals surface area contributed by atoms with E-state index in [1.54, 1.807) is 6.20 Å². The molecule has 2 N–H and O–H groups in total. The Morgan fingerprint density at radius 3 is 2.59 bits per heavy atom. The molecular weight excluding hydrogens is 344 g/mol. The van der Waals surface area contributed by atoms with E-state index >= 15 is 0 Å². The molecule has 0 fully saturated rings. The molecule has 1 aromatic rings. The first-order chi connectivity index (χ1) is 12.7. The molecule has 152 valence electrons. The Balaban J connectivity index is 3.02. The topological polar surface area (TPSA) is 85.3 Å². The first-order valence-corrected chi connectivity index (χ1v) is 9.69. The van der Waals surface area contributed by atoms with Crippen molar-refractivity contribution in [3.63, 3.8) is 0 Å². The van der Waals surface area contributed by atoms with Crippen LogP contribution in [0.1, 0.15) is 71.2 Å². The van der Waals surface area contributed by atoms with Crippen LogP contribution in [0.15, 0.2) is 12.3 Å².